The van der Waals surface area contributed by atoms with Gasteiger partial charge in [-0.15, -0.1) is 0 Å². The van der Waals surface area contributed by atoms with Crippen LogP contribution < -0.4 is 0 Å². The van der Waals surface area contributed by atoms with Crippen molar-refractivity contribution in [3.05, 3.63) is 35.0 Å². The van der Waals surface area contributed by atoms with Crippen molar-refractivity contribution in [3.8, 4) is 0 Å². The van der Waals surface area contributed by atoms with E-state index in [0.29, 0.717) is 18.7 Å². The number of amides is 1. The fraction of sp³-hybridized carbons (Fsp3) is 0.412. The van der Waals surface area contributed by atoms with Crippen LogP contribution in [-0.2, 0) is 4.79 Å². The highest BCUT2D eigenvalue weighted by molar-refractivity contribution is 5.99. The average Bonchev–Trinajstić information content (AvgIpc) is 3.06. The van der Waals surface area contributed by atoms with Gasteiger partial charge in [-0.25, -0.2) is 0 Å². The first kappa shape index (κ1) is 14.6. The number of carbonyl (C=O) groups is 2. The third-order valence-corrected chi connectivity index (χ3v) is 4.91. The zero-order valence-corrected chi connectivity index (χ0v) is 13.0. The zero-order valence-electron chi connectivity index (χ0n) is 13.0. The van der Waals surface area contributed by atoms with Gasteiger partial charge in [0.15, 0.2) is 0 Å². The van der Waals surface area contributed by atoms with Gasteiger partial charge in [0.25, 0.3) is 5.91 Å². The molecule has 116 valence electrons. The Morgan fingerprint density at radius 1 is 1.32 bits per heavy atom. The van der Waals surface area contributed by atoms with Crippen molar-refractivity contribution in [2.24, 2.45) is 5.92 Å². The number of benzene rings is 1. The lowest BCUT2D eigenvalue weighted by Gasteiger charge is -2.22. The third kappa shape index (κ3) is 2.17. The Bertz CT molecular complexity index is 763. The van der Waals surface area contributed by atoms with Gasteiger partial charge in [0, 0.05) is 23.5 Å². The van der Waals surface area contributed by atoms with Gasteiger partial charge in [-0.05, 0) is 50.5 Å². The Kier molecular flexibility index (Phi) is 3.43. The Balaban J connectivity index is 1.93. The second kappa shape index (κ2) is 5.16. The van der Waals surface area contributed by atoms with E-state index in [2.05, 4.69) is 4.98 Å². The summed E-state index contributed by atoms with van der Waals surface area (Å²) in [6.07, 6.45) is 0.514. The maximum Gasteiger partial charge on any atom is 0.308 e. The third-order valence-electron chi connectivity index (χ3n) is 4.91. The smallest absolute Gasteiger partial charge is 0.308 e. The van der Waals surface area contributed by atoms with Crippen molar-refractivity contribution in [3.63, 3.8) is 0 Å². The lowest BCUT2D eigenvalue weighted by Crippen LogP contribution is -2.37. The number of carbonyl (C=O) groups excluding carboxylic acids is 1. The monoisotopic (exact) mass is 300 g/mol. The molecule has 2 N–H and O–H groups in total. The standard InChI is InChI=1S/C17H20N2O3/c1-9-4-5-14-13(10(9)2)8-15(18-14)16(20)19-7-6-12(11(19)3)17(21)22/h4-5,8,11-12,18H,6-7H2,1-3H3,(H,21,22). The number of carboxylic acid groups (broad SMARTS) is 1. The highest BCUT2D eigenvalue weighted by Gasteiger charge is 2.38. The lowest BCUT2D eigenvalue weighted by molar-refractivity contribution is -0.142. The Morgan fingerprint density at radius 2 is 2.05 bits per heavy atom. The van der Waals surface area contributed by atoms with E-state index in [1.807, 2.05) is 39.0 Å². The molecule has 0 aliphatic carbocycles. The largest absolute Gasteiger partial charge is 0.481 e. The molecule has 1 fully saturated rings. The molecule has 5 heteroatoms. The fourth-order valence-corrected chi connectivity index (χ4v) is 3.28. The molecule has 2 unspecified atom stereocenters. The van der Waals surface area contributed by atoms with Crippen LogP contribution in [0.3, 0.4) is 0 Å². The van der Waals surface area contributed by atoms with Crippen LogP contribution in [-0.4, -0.2) is 39.5 Å². The number of hydrogen-bond donors (Lipinski definition) is 2. The highest BCUT2D eigenvalue weighted by atomic mass is 16.4. The molecule has 0 bridgehead atoms. The summed E-state index contributed by atoms with van der Waals surface area (Å²) < 4.78 is 0. The van der Waals surface area contributed by atoms with Crippen LogP contribution in [0.1, 0.15) is 35.0 Å². The van der Waals surface area contributed by atoms with E-state index in [1.54, 1.807) is 4.90 Å². The number of aliphatic carboxylic acids is 1. The summed E-state index contributed by atoms with van der Waals surface area (Å²) in [6, 6.07) is 5.60. The first-order valence-corrected chi connectivity index (χ1v) is 7.53. The maximum atomic E-state index is 12.7. The molecule has 1 aliphatic heterocycles. The van der Waals surface area contributed by atoms with Gasteiger partial charge in [-0.3, -0.25) is 9.59 Å². The van der Waals surface area contributed by atoms with E-state index >= 15 is 0 Å². The molecule has 22 heavy (non-hydrogen) atoms. The molecule has 1 aromatic carbocycles. The van der Waals surface area contributed by atoms with Crippen molar-refractivity contribution < 1.29 is 14.7 Å². The topological polar surface area (TPSA) is 73.4 Å². The average molecular weight is 300 g/mol. The number of fused-ring (bicyclic) bond motifs is 1. The normalized spacial score (nSPS) is 21.5. The van der Waals surface area contributed by atoms with Gasteiger partial charge in [-0.2, -0.15) is 0 Å². The van der Waals surface area contributed by atoms with Crippen molar-refractivity contribution in [2.45, 2.75) is 33.2 Å². The highest BCUT2D eigenvalue weighted by Crippen LogP contribution is 2.28. The first-order valence-electron chi connectivity index (χ1n) is 7.53. The minimum Gasteiger partial charge on any atom is -0.481 e. The molecular weight excluding hydrogens is 280 g/mol. The summed E-state index contributed by atoms with van der Waals surface area (Å²) in [6.45, 7) is 6.38. The number of likely N-dealkylation sites (tertiary alicyclic amines) is 1. The maximum absolute atomic E-state index is 12.7. The number of hydrogen-bond acceptors (Lipinski definition) is 2. The molecule has 5 nitrogen and oxygen atoms in total. The van der Waals surface area contributed by atoms with E-state index in [9.17, 15) is 14.7 Å². The van der Waals surface area contributed by atoms with Crippen LogP contribution in [0.4, 0.5) is 0 Å². The minimum absolute atomic E-state index is 0.121. The molecule has 1 aliphatic rings. The van der Waals surface area contributed by atoms with E-state index in [-0.39, 0.29) is 11.9 Å². The van der Waals surface area contributed by atoms with Crippen LogP contribution in [0.2, 0.25) is 0 Å². The van der Waals surface area contributed by atoms with E-state index in [4.69, 9.17) is 0 Å². The molecule has 2 aromatic rings. The van der Waals surface area contributed by atoms with Crippen molar-refractivity contribution in [1.82, 2.24) is 9.88 Å². The van der Waals surface area contributed by atoms with Crippen LogP contribution in [0.5, 0.6) is 0 Å². The summed E-state index contributed by atoms with van der Waals surface area (Å²) in [5, 5.41) is 10.2. The summed E-state index contributed by atoms with van der Waals surface area (Å²) in [7, 11) is 0. The zero-order chi connectivity index (χ0) is 16.0. The van der Waals surface area contributed by atoms with Gasteiger partial charge in [-0.1, -0.05) is 6.07 Å². The quantitative estimate of drug-likeness (QED) is 0.895. The molecule has 1 amide bonds. The fourth-order valence-electron chi connectivity index (χ4n) is 3.28. The number of aryl methyl sites for hydroxylation is 2. The number of aromatic amines is 1. The molecule has 0 saturated carbocycles. The van der Waals surface area contributed by atoms with Gasteiger partial charge in [0.2, 0.25) is 0 Å². The molecule has 1 aromatic heterocycles. The van der Waals surface area contributed by atoms with Crippen LogP contribution in [0.25, 0.3) is 10.9 Å². The Labute approximate surface area is 128 Å². The van der Waals surface area contributed by atoms with E-state index in [0.717, 1.165) is 16.5 Å². The number of rotatable bonds is 2. The molecule has 3 rings (SSSR count). The Morgan fingerprint density at radius 3 is 2.68 bits per heavy atom. The predicted molar refractivity (Wildman–Crippen MR) is 84.0 cm³/mol. The molecule has 1 saturated heterocycles. The molecular formula is C17H20N2O3. The second-order valence-electron chi connectivity index (χ2n) is 6.12. The molecule has 2 heterocycles. The summed E-state index contributed by atoms with van der Waals surface area (Å²) in [5.74, 6) is -1.42. The van der Waals surface area contributed by atoms with Crippen LogP contribution in [0, 0.1) is 19.8 Å². The predicted octanol–water partition coefficient (Wildman–Crippen LogP) is 2.72. The number of H-pyrrole nitrogens is 1. The van der Waals surface area contributed by atoms with Crippen molar-refractivity contribution >= 4 is 22.8 Å². The molecule has 2 atom stereocenters. The minimum atomic E-state index is -0.828. The number of aromatic nitrogens is 1. The van der Waals surface area contributed by atoms with E-state index in [1.165, 1.54) is 5.56 Å². The van der Waals surface area contributed by atoms with Crippen LogP contribution >= 0.6 is 0 Å². The molecule has 0 spiro atoms. The lowest BCUT2D eigenvalue weighted by atomic mass is 10.0. The SMILES string of the molecule is Cc1ccc2[nH]c(C(=O)N3CCC(C(=O)O)C3C)cc2c1C. The summed E-state index contributed by atoms with van der Waals surface area (Å²) >= 11 is 0. The number of nitrogens with one attached hydrogen (secondary N) is 1. The summed E-state index contributed by atoms with van der Waals surface area (Å²) in [5.41, 5.74) is 3.81. The van der Waals surface area contributed by atoms with Gasteiger partial charge in [0.1, 0.15) is 5.69 Å². The van der Waals surface area contributed by atoms with Crippen molar-refractivity contribution in [1.29, 1.82) is 0 Å². The second-order valence-corrected chi connectivity index (χ2v) is 6.12. The summed E-state index contributed by atoms with van der Waals surface area (Å²) in [4.78, 5) is 28.7. The first-order chi connectivity index (χ1) is 10.4. The number of nitrogens with zero attached hydrogens (tertiary/aromatic N) is 1. The Hall–Kier alpha value is -2.30. The molecule has 0 radical (unpaired) electrons. The van der Waals surface area contributed by atoms with E-state index < -0.39 is 11.9 Å². The van der Waals surface area contributed by atoms with Crippen molar-refractivity contribution in [2.75, 3.05) is 6.54 Å². The van der Waals surface area contributed by atoms with Gasteiger partial charge >= 0.3 is 5.97 Å². The van der Waals surface area contributed by atoms with Gasteiger partial charge < -0.3 is 15.0 Å². The number of carboxylic acids is 1. The van der Waals surface area contributed by atoms with Crippen LogP contribution in [0.15, 0.2) is 18.2 Å². The van der Waals surface area contributed by atoms with Gasteiger partial charge in [0.05, 0.1) is 5.92 Å².